The molecule has 2 aliphatic rings. The Hall–Kier alpha value is -4.80. The number of aromatic amines is 1. The number of rotatable bonds is 5. The average molecular weight is 576 g/mol. The maximum absolute atomic E-state index is 13.1. The van der Waals surface area contributed by atoms with Crippen molar-refractivity contribution >= 4 is 27.2 Å². The molecule has 0 aliphatic carbocycles. The first kappa shape index (κ1) is 25.2. The molecule has 1 amide bonds. The summed E-state index contributed by atoms with van der Waals surface area (Å²) < 4.78 is 27.4. The van der Waals surface area contributed by atoms with Crippen LogP contribution in [-0.4, -0.2) is 92.5 Å². The van der Waals surface area contributed by atoms with Crippen molar-refractivity contribution in [3.05, 3.63) is 42.4 Å². The first-order chi connectivity index (χ1) is 19.7. The second-order valence-corrected chi connectivity index (χ2v) is 12.4. The smallest absolute Gasteiger partial charge is 0.292 e. The Morgan fingerprint density at radius 2 is 1.90 bits per heavy atom. The van der Waals surface area contributed by atoms with Gasteiger partial charge in [-0.1, -0.05) is 6.07 Å². The lowest BCUT2D eigenvalue weighted by Gasteiger charge is -2.38. The zero-order valence-corrected chi connectivity index (χ0v) is 22.9. The SMILES string of the molecule is Cn1nnc(-c2ccc(-c3cnn4c(N)c(S(C)(=O)=O)c([C@@H]5C[C@H]6CC[C@@H](C5)N6C(=O)c5nnc[nH]5)nc34)cn2)n1. The molecule has 2 fully saturated rings. The van der Waals surface area contributed by atoms with Crippen LogP contribution in [0.2, 0.25) is 0 Å². The van der Waals surface area contributed by atoms with Crippen LogP contribution in [0.15, 0.2) is 35.7 Å². The van der Waals surface area contributed by atoms with Gasteiger partial charge in [0.2, 0.25) is 11.6 Å². The lowest BCUT2D eigenvalue weighted by atomic mass is 9.87. The summed E-state index contributed by atoms with van der Waals surface area (Å²) in [6.07, 6.45) is 8.46. The van der Waals surface area contributed by atoms with Crippen molar-refractivity contribution in [2.75, 3.05) is 12.0 Å². The molecule has 0 spiro atoms. The van der Waals surface area contributed by atoms with E-state index in [2.05, 4.69) is 40.7 Å². The van der Waals surface area contributed by atoms with Crippen LogP contribution in [0, 0.1) is 0 Å². The first-order valence-corrected chi connectivity index (χ1v) is 14.8. The Morgan fingerprint density at radius 3 is 2.51 bits per heavy atom. The van der Waals surface area contributed by atoms with Crippen LogP contribution in [-0.2, 0) is 16.9 Å². The number of nitrogens with two attached hydrogens (primary N) is 1. The number of hydrogen-bond acceptors (Lipinski definition) is 12. The number of aryl methyl sites for hydroxylation is 1. The number of sulfone groups is 1. The fourth-order valence-electron chi connectivity index (χ4n) is 6.11. The highest BCUT2D eigenvalue weighted by Gasteiger charge is 2.46. The Bertz CT molecular complexity index is 1880. The molecular formula is C24H25N13O3S. The Kier molecular flexibility index (Phi) is 5.60. The number of nitrogens with zero attached hydrogens (tertiary/aromatic N) is 11. The summed E-state index contributed by atoms with van der Waals surface area (Å²) >= 11 is 0. The zero-order chi connectivity index (χ0) is 28.5. The van der Waals surface area contributed by atoms with E-state index < -0.39 is 9.84 Å². The van der Waals surface area contributed by atoms with E-state index in [-0.39, 0.29) is 40.4 Å². The molecule has 0 unspecified atom stereocenters. The topological polar surface area (TPSA) is 209 Å². The number of piperidine rings is 1. The van der Waals surface area contributed by atoms with Crippen LogP contribution >= 0.6 is 0 Å². The molecule has 16 nitrogen and oxygen atoms in total. The van der Waals surface area contributed by atoms with Crippen LogP contribution in [0.5, 0.6) is 0 Å². The highest BCUT2D eigenvalue weighted by atomic mass is 32.2. The van der Waals surface area contributed by atoms with Crippen molar-refractivity contribution in [3.8, 4) is 22.6 Å². The van der Waals surface area contributed by atoms with Gasteiger partial charge in [0.1, 0.15) is 22.7 Å². The number of aromatic nitrogens is 11. The maximum atomic E-state index is 13.1. The van der Waals surface area contributed by atoms with E-state index in [1.807, 2.05) is 11.0 Å². The molecule has 3 N–H and O–H groups in total. The van der Waals surface area contributed by atoms with Gasteiger partial charge in [0.15, 0.2) is 15.5 Å². The quantitative estimate of drug-likeness (QED) is 0.296. The summed E-state index contributed by atoms with van der Waals surface area (Å²) in [5, 5.41) is 24.0. The maximum Gasteiger partial charge on any atom is 0.292 e. The van der Waals surface area contributed by atoms with Gasteiger partial charge in [-0.05, 0) is 37.0 Å². The van der Waals surface area contributed by atoms with Gasteiger partial charge < -0.3 is 15.6 Å². The van der Waals surface area contributed by atoms with Crippen LogP contribution in [0.3, 0.4) is 0 Å². The third-order valence-corrected chi connectivity index (χ3v) is 8.98. The van der Waals surface area contributed by atoms with Gasteiger partial charge in [0.25, 0.3) is 5.91 Å². The summed E-state index contributed by atoms with van der Waals surface area (Å²) in [5.41, 5.74) is 9.21. The van der Waals surface area contributed by atoms with Crippen LogP contribution in [0.1, 0.15) is 47.9 Å². The molecule has 17 heteroatoms. The number of carbonyl (C=O) groups is 1. The summed E-state index contributed by atoms with van der Waals surface area (Å²) in [6, 6.07) is 3.44. The summed E-state index contributed by atoms with van der Waals surface area (Å²) in [4.78, 5) is 28.5. The molecule has 5 aromatic heterocycles. The molecule has 7 heterocycles. The van der Waals surface area contributed by atoms with Crippen LogP contribution < -0.4 is 5.73 Å². The van der Waals surface area contributed by atoms with E-state index in [0.717, 1.165) is 19.1 Å². The molecule has 0 saturated carbocycles. The monoisotopic (exact) mass is 575 g/mol. The van der Waals surface area contributed by atoms with Gasteiger partial charge >= 0.3 is 0 Å². The van der Waals surface area contributed by atoms with Crippen LogP contribution in [0.25, 0.3) is 28.3 Å². The lowest BCUT2D eigenvalue weighted by Crippen LogP contribution is -2.46. The number of nitrogen functional groups attached to an aromatic ring is 1. The lowest BCUT2D eigenvalue weighted by molar-refractivity contribution is 0.0556. The molecule has 7 rings (SSSR count). The van der Waals surface area contributed by atoms with E-state index in [1.165, 1.54) is 15.6 Å². The second-order valence-electron chi connectivity index (χ2n) is 10.4. The fraction of sp³-hybridized carbons (Fsp3) is 0.375. The van der Waals surface area contributed by atoms with E-state index in [4.69, 9.17) is 10.7 Å². The predicted molar refractivity (Wildman–Crippen MR) is 143 cm³/mol. The fourth-order valence-corrected chi connectivity index (χ4v) is 7.17. The van der Waals surface area contributed by atoms with Crippen molar-refractivity contribution in [3.63, 3.8) is 0 Å². The summed E-state index contributed by atoms with van der Waals surface area (Å²) in [7, 11) is -2.09. The summed E-state index contributed by atoms with van der Waals surface area (Å²) in [5.74, 6) is 0.156. The molecule has 2 saturated heterocycles. The largest absolute Gasteiger partial charge is 0.382 e. The van der Waals surface area contributed by atoms with Crippen molar-refractivity contribution in [1.82, 2.24) is 59.9 Å². The van der Waals surface area contributed by atoms with E-state index in [9.17, 15) is 13.2 Å². The highest BCUT2D eigenvalue weighted by Crippen LogP contribution is 2.45. The predicted octanol–water partition coefficient (Wildman–Crippen LogP) is 0.636. The highest BCUT2D eigenvalue weighted by molar-refractivity contribution is 7.91. The van der Waals surface area contributed by atoms with Gasteiger partial charge in [0.05, 0.1) is 18.9 Å². The summed E-state index contributed by atoms with van der Waals surface area (Å²) in [6.45, 7) is 0. The molecule has 3 atom stereocenters. The van der Waals surface area contributed by atoms with Crippen molar-refractivity contribution in [1.29, 1.82) is 0 Å². The third-order valence-electron chi connectivity index (χ3n) is 7.82. The minimum atomic E-state index is -3.76. The first-order valence-electron chi connectivity index (χ1n) is 13.0. The van der Waals surface area contributed by atoms with E-state index in [1.54, 1.807) is 25.5 Å². The Morgan fingerprint density at radius 1 is 1.12 bits per heavy atom. The van der Waals surface area contributed by atoms with Crippen LogP contribution in [0.4, 0.5) is 5.82 Å². The standard InChI is InChI=1S/C24H25N13O3S/c1-35-33-21(32-34-35)17-6-3-12(9-26-17)16-10-29-37-20(25)19(41(2,39)40)18(30-23(16)37)13-7-14-4-5-15(8-13)36(14)24(38)22-27-11-28-31-22/h3,6,9-11,13-15H,4-5,7-8,25H2,1-2H3,(H,27,28,31)/t13-,14-,15+. The number of fused-ring (bicyclic) bond motifs is 3. The minimum absolute atomic E-state index is 0.000368. The Balaban J connectivity index is 1.28. The number of hydrogen-bond donors (Lipinski definition) is 2. The van der Waals surface area contributed by atoms with Gasteiger partial charge in [-0.15, -0.1) is 20.4 Å². The number of tetrazole rings is 1. The molecule has 2 aliphatic heterocycles. The number of nitrogens with one attached hydrogen (secondary N) is 1. The molecule has 5 aromatic rings. The number of H-pyrrole nitrogens is 1. The second kappa shape index (κ2) is 9.12. The van der Waals surface area contributed by atoms with Gasteiger partial charge in [-0.2, -0.15) is 14.4 Å². The molecule has 0 aromatic carbocycles. The number of anilines is 1. The minimum Gasteiger partial charge on any atom is -0.382 e. The molecular weight excluding hydrogens is 550 g/mol. The van der Waals surface area contributed by atoms with Gasteiger partial charge in [-0.3, -0.25) is 9.78 Å². The van der Waals surface area contributed by atoms with Crippen molar-refractivity contribution in [2.24, 2.45) is 7.05 Å². The van der Waals surface area contributed by atoms with Gasteiger partial charge in [-0.25, -0.2) is 13.4 Å². The normalized spacial score (nSPS) is 20.6. The molecule has 0 radical (unpaired) electrons. The number of carbonyl (C=O) groups excluding carboxylic acids is 1. The van der Waals surface area contributed by atoms with Gasteiger partial charge in [0, 0.05) is 41.6 Å². The van der Waals surface area contributed by atoms with E-state index >= 15 is 0 Å². The zero-order valence-electron chi connectivity index (χ0n) is 22.1. The van der Waals surface area contributed by atoms with Crippen molar-refractivity contribution in [2.45, 2.75) is 48.6 Å². The molecule has 41 heavy (non-hydrogen) atoms. The number of pyridine rings is 1. The van der Waals surface area contributed by atoms with E-state index in [0.29, 0.717) is 46.8 Å². The average Bonchev–Trinajstić information content (AvgIpc) is 3.74. The molecule has 210 valence electrons. The number of amides is 1. The third kappa shape index (κ3) is 4.11. The van der Waals surface area contributed by atoms with Crippen molar-refractivity contribution < 1.29 is 13.2 Å². The molecule has 2 bridgehead atoms. The Labute approximate surface area is 232 Å².